The fraction of sp³-hybridized carbons (Fsp3) is 0.481. The topological polar surface area (TPSA) is 94.7 Å². The summed E-state index contributed by atoms with van der Waals surface area (Å²) in [5.41, 5.74) is -1.41. The second kappa shape index (κ2) is 9.42. The van der Waals surface area contributed by atoms with E-state index in [0.717, 1.165) is 0 Å². The van der Waals surface area contributed by atoms with Gasteiger partial charge in [-0.15, -0.1) is 0 Å². The van der Waals surface area contributed by atoms with Crippen LogP contribution in [0, 0.1) is 6.92 Å². The van der Waals surface area contributed by atoms with Crippen LogP contribution in [-0.2, 0) is 15.9 Å². The molecule has 2 N–H and O–H groups in total. The third-order valence-corrected chi connectivity index (χ3v) is 7.22. The summed E-state index contributed by atoms with van der Waals surface area (Å²) >= 11 is 0. The Hall–Kier alpha value is -2.95. The minimum atomic E-state index is -1.15. The van der Waals surface area contributed by atoms with E-state index in [1.54, 1.807) is 55.8 Å². The number of nitrogens with zero attached hydrogens (tertiary/aromatic N) is 2. The van der Waals surface area contributed by atoms with Crippen LogP contribution in [0.15, 0.2) is 58.6 Å². The van der Waals surface area contributed by atoms with Gasteiger partial charge in [0.2, 0.25) is 0 Å². The van der Waals surface area contributed by atoms with E-state index in [1.165, 1.54) is 10.8 Å². The first kappa shape index (κ1) is 27.1. The Morgan fingerprint density at radius 2 is 1.78 bits per heavy atom. The zero-order valence-corrected chi connectivity index (χ0v) is 22.5. The van der Waals surface area contributed by atoms with Gasteiger partial charge in [0.05, 0.1) is 40.8 Å². The predicted molar refractivity (Wildman–Crippen MR) is 140 cm³/mol. The van der Waals surface area contributed by atoms with Crippen molar-refractivity contribution >= 4 is 13.0 Å². The first-order valence-electron chi connectivity index (χ1n) is 12.5. The molecule has 0 spiro atoms. The van der Waals surface area contributed by atoms with E-state index in [-0.39, 0.29) is 18.5 Å². The van der Waals surface area contributed by atoms with Crippen LogP contribution in [0.3, 0.4) is 0 Å². The van der Waals surface area contributed by atoms with Crippen molar-refractivity contribution in [2.45, 2.75) is 84.3 Å². The van der Waals surface area contributed by atoms with Crippen molar-refractivity contribution in [1.82, 2.24) is 14.7 Å². The number of aromatic nitrogens is 2. The lowest BCUT2D eigenvalue weighted by molar-refractivity contribution is 0.00578. The summed E-state index contributed by atoms with van der Waals surface area (Å²) in [5.74, 6) is -1.22. The Kier molecular flexibility index (Phi) is 6.90. The van der Waals surface area contributed by atoms with Gasteiger partial charge in [-0.25, -0.2) is 9.07 Å². The number of rotatable bonds is 6. The van der Waals surface area contributed by atoms with Gasteiger partial charge in [-0.05, 0) is 78.6 Å². The molecule has 0 bridgehead atoms. The summed E-state index contributed by atoms with van der Waals surface area (Å²) in [7, 11) is -0.705. The molecule has 1 aromatic carbocycles. The lowest BCUT2D eigenvalue weighted by atomic mass is 9.75. The van der Waals surface area contributed by atoms with Gasteiger partial charge in [-0.2, -0.15) is 0 Å². The SMILES string of the molecule is Cc1c(C(=O)NC2CC=C(B3OC(C)(C)C(C)(C)O3)C=C2F)c(=O)n(-c2ccccc2)n1CC(C)(C)O. The van der Waals surface area contributed by atoms with Crippen LogP contribution < -0.4 is 10.9 Å². The largest absolute Gasteiger partial charge is 0.494 e. The number of para-hydroxylation sites is 1. The van der Waals surface area contributed by atoms with Crippen molar-refractivity contribution in [3.63, 3.8) is 0 Å². The maximum absolute atomic E-state index is 15.2. The standard InChI is InChI=1S/C27H35BFN3O5/c1-17-22(24(34)32(19-11-9-8-10-12-19)31(17)16-25(2,3)35)23(33)30-21-14-13-18(15-20(21)29)28-36-26(4,5)27(6,7)37-28/h8-13,15,21,35H,14,16H2,1-7H3,(H,30,33). The molecule has 0 saturated carbocycles. The molecule has 1 atom stereocenters. The molecular formula is C27H35BFN3O5. The molecule has 198 valence electrons. The molecule has 1 aliphatic carbocycles. The number of hydrogen-bond donors (Lipinski definition) is 2. The fourth-order valence-corrected chi connectivity index (χ4v) is 4.48. The Morgan fingerprint density at radius 1 is 1.19 bits per heavy atom. The molecule has 1 saturated heterocycles. The molecule has 1 aliphatic heterocycles. The highest BCUT2D eigenvalue weighted by Crippen LogP contribution is 2.39. The molecular weight excluding hydrogens is 476 g/mol. The van der Waals surface area contributed by atoms with Crippen molar-refractivity contribution < 1.29 is 23.6 Å². The second-order valence-corrected chi connectivity index (χ2v) is 11.4. The molecule has 2 heterocycles. The number of benzene rings is 1. The Labute approximate surface area is 216 Å². The smallest absolute Gasteiger partial charge is 0.399 e. The highest BCUT2D eigenvalue weighted by molar-refractivity contribution is 6.55. The minimum absolute atomic E-state index is 0.0775. The van der Waals surface area contributed by atoms with Gasteiger partial charge in [0.25, 0.3) is 11.5 Å². The van der Waals surface area contributed by atoms with E-state index >= 15 is 4.39 Å². The van der Waals surface area contributed by atoms with Gasteiger partial charge in [-0.1, -0.05) is 24.3 Å². The zero-order valence-electron chi connectivity index (χ0n) is 22.5. The van der Waals surface area contributed by atoms with Crippen LogP contribution >= 0.6 is 0 Å². The monoisotopic (exact) mass is 511 g/mol. The van der Waals surface area contributed by atoms with Crippen molar-refractivity contribution in [2.75, 3.05) is 0 Å². The van der Waals surface area contributed by atoms with E-state index in [0.29, 0.717) is 16.9 Å². The summed E-state index contributed by atoms with van der Waals surface area (Å²) in [5, 5.41) is 13.1. The van der Waals surface area contributed by atoms with Crippen LogP contribution in [-0.4, -0.2) is 50.3 Å². The predicted octanol–water partition coefficient (Wildman–Crippen LogP) is 3.63. The second-order valence-electron chi connectivity index (χ2n) is 11.4. The Balaban J connectivity index is 1.59. The van der Waals surface area contributed by atoms with Crippen molar-refractivity contribution in [3.8, 4) is 5.69 Å². The van der Waals surface area contributed by atoms with E-state index in [1.807, 2.05) is 33.8 Å². The molecule has 37 heavy (non-hydrogen) atoms. The fourth-order valence-electron chi connectivity index (χ4n) is 4.48. The molecule has 1 unspecified atom stereocenters. The van der Waals surface area contributed by atoms with Crippen molar-refractivity contribution in [3.05, 3.63) is 75.4 Å². The van der Waals surface area contributed by atoms with Gasteiger partial charge >= 0.3 is 7.12 Å². The van der Waals surface area contributed by atoms with Gasteiger partial charge in [0.1, 0.15) is 11.4 Å². The van der Waals surface area contributed by atoms with Crippen molar-refractivity contribution in [2.24, 2.45) is 0 Å². The Bertz CT molecular complexity index is 1300. The number of amides is 1. The number of allylic oxidation sites excluding steroid dienone is 2. The molecule has 0 radical (unpaired) electrons. The first-order valence-corrected chi connectivity index (χ1v) is 12.5. The van der Waals surface area contributed by atoms with Crippen LogP contribution in [0.4, 0.5) is 4.39 Å². The van der Waals surface area contributed by atoms with Crippen LogP contribution in [0.1, 0.15) is 64.0 Å². The van der Waals surface area contributed by atoms with E-state index in [4.69, 9.17) is 9.31 Å². The zero-order chi connectivity index (χ0) is 27.3. The highest BCUT2D eigenvalue weighted by atomic mass is 19.1. The van der Waals surface area contributed by atoms with Gasteiger partial charge in [0.15, 0.2) is 0 Å². The molecule has 1 fully saturated rings. The lowest BCUT2D eigenvalue weighted by Crippen LogP contribution is -2.41. The van der Waals surface area contributed by atoms with Crippen LogP contribution in [0.2, 0.25) is 0 Å². The van der Waals surface area contributed by atoms with E-state index in [2.05, 4.69) is 5.32 Å². The maximum atomic E-state index is 15.2. The lowest BCUT2D eigenvalue weighted by Gasteiger charge is -2.32. The molecule has 4 rings (SSSR count). The quantitative estimate of drug-likeness (QED) is 0.578. The molecule has 10 heteroatoms. The highest BCUT2D eigenvalue weighted by Gasteiger charge is 2.52. The minimum Gasteiger partial charge on any atom is -0.399 e. The summed E-state index contributed by atoms with van der Waals surface area (Å²) in [6, 6.07) is 7.95. The average molecular weight is 511 g/mol. The normalized spacial score (nSPS) is 21.0. The summed E-state index contributed by atoms with van der Waals surface area (Å²) < 4.78 is 30.1. The molecule has 1 amide bonds. The number of carbonyl (C=O) groups excluding carboxylic acids is 1. The first-order chi connectivity index (χ1) is 17.1. The molecule has 8 nitrogen and oxygen atoms in total. The number of halogens is 1. The number of aliphatic hydroxyl groups is 1. The number of nitrogens with one attached hydrogen (secondary N) is 1. The maximum Gasteiger partial charge on any atom is 0.494 e. The number of hydrogen-bond acceptors (Lipinski definition) is 5. The van der Waals surface area contributed by atoms with E-state index < -0.39 is 47.3 Å². The van der Waals surface area contributed by atoms with Gasteiger partial charge < -0.3 is 19.7 Å². The molecule has 2 aromatic rings. The third-order valence-electron chi connectivity index (χ3n) is 7.22. The van der Waals surface area contributed by atoms with Crippen molar-refractivity contribution in [1.29, 1.82) is 0 Å². The van der Waals surface area contributed by atoms with Crippen LogP contribution in [0.25, 0.3) is 5.69 Å². The molecule has 2 aliphatic rings. The summed E-state index contributed by atoms with van der Waals surface area (Å²) in [4.78, 5) is 26.8. The number of carbonyl (C=O) groups is 1. The molecule has 1 aromatic heterocycles. The Morgan fingerprint density at radius 3 is 2.32 bits per heavy atom. The summed E-state index contributed by atoms with van der Waals surface area (Å²) in [6.07, 6.45) is 3.29. The van der Waals surface area contributed by atoms with E-state index in [9.17, 15) is 14.7 Å². The van der Waals surface area contributed by atoms with Crippen LogP contribution in [0.5, 0.6) is 0 Å². The van der Waals surface area contributed by atoms with Gasteiger partial charge in [-0.3, -0.25) is 14.3 Å². The van der Waals surface area contributed by atoms with Gasteiger partial charge in [0, 0.05) is 0 Å². The third kappa shape index (κ3) is 5.23. The average Bonchev–Trinajstić information content (AvgIpc) is 3.16. The summed E-state index contributed by atoms with van der Waals surface area (Å²) in [6.45, 7) is 12.7.